The largest absolute Gasteiger partial charge is 0.478 e. The van der Waals surface area contributed by atoms with Gasteiger partial charge in [-0.2, -0.15) is 0 Å². The topological polar surface area (TPSA) is 87.7 Å². The number of carbonyl (C=O) groups is 2. The monoisotopic (exact) mass is 248 g/mol. The third-order valence-electron chi connectivity index (χ3n) is 3.30. The van der Waals surface area contributed by atoms with E-state index in [1.165, 1.54) is 6.07 Å². The fraction of sp³-hybridized carbons (Fsp3) is 0.333. The van der Waals surface area contributed by atoms with Crippen molar-refractivity contribution in [2.45, 2.75) is 6.04 Å². The molecule has 1 aromatic carbocycles. The summed E-state index contributed by atoms with van der Waals surface area (Å²) in [6.45, 7) is 0.814. The van der Waals surface area contributed by atoms with Crippen LogP contribution in [0.4, 0.5) is 11.4 Å². The number of ether oxygens (including phenoxy) is 1. The van der Waals surface area contributed by atoms with E-state index in [0.717, 1.165) is 0 Å². The van der Waals surface area contributed by atoms with Gasteiger partial charge in [0.05, 0.1) is 42.1 Å². The number of aromatic carboxylic acids is 1. The smallest absolute Gasteiger partial charge is 0.337 e. The van der Waals surface area contributed by atoms with Crippen LogP contribution in [0.3, 0.4) is 0 Å². The van der Waals surface area contributed by atoms with Crippen LogP contribution in [0.1, 0.15) is 10.4 Å². The highest BCUT2D eigenvalue weighted by Crippen LogP contribution is 2.33. The number of hydrogen-bond donors (Lipinski definition) is 3. The molecule has 2 aliphatic heterocycles. The summed E-state index contributed by atoms with van der Waals surface area (Å²) < 4.78 is 5.27. The molecule has 94 valence electrons. The molecule has 1 aromatic rings. The fourth-order valence-electron chi connectivity index (χ4n) is 2.36. The molecule has 2 unspecified atom stereocenters. The first-order valence-electron chi connectivity index (χ1n) is 5.68. The zero-order valence-electron chi connectivity index (χ0n) is 9.47. The van der Waals surface area contributed by atoms with Gasteiger partial charge in [0.1, 0.15) is 0 Å². The Morgan fingerprint density at radius 2 is 2.22 bits per heavy atom. The molecule has 6 nitrogen and oxygen atoms in total. The summed E-state index contributed by atoms with van der Waals surface area (Å²) in [5.74, 6) is -1.53. The summed E-state index contributed by atoms with van der Waals surface area (Å²) in [5, 5.41) is 15.0. The highest BCUT2D eigenvalue weighted by molar-refractivity contribution is 6.06. The molecule has 3 N–H and O–H groups in total. The van der Waals surface area contributed by atoms with Gasteiger partial charge in [0.2, 0.25) is 5.91 Å². The lowest BCUT2D eigenvalue weighted by atomic mass is 10.0. The number of para-hydroxylation sites is 1. The lowest BCUT2D eigenvalue weighted by Crippen LogP contribution is -2.33. The Balaban J connectivity index is 2.07. The molecule has 2 heterocycles. The summed E-state index contributed by atoms with van der Waals surface area (Å²) in [6, 6.07) is 4.77. The Morgan fingerprint density at radius 1 is 1.39 bits per heavy atom. The van der Waals surface area contributed by atoms with Gasteiger partial charge >= 0.3 is 5.97 Å². The van der Waals surface area contributed by atoms with Gasteiger partial charge in [-0.3, -0.25) is 4.79 Å². The normalized spacial score (nSPS) is 25.4. The van der Waals surface area contributed by atoms with Crippen LogP contribution < -0.4 is 10.6 Å². The van der Waals surface area contributed by atoms with E-state index in [0.29, 0.717) is 24.6 Å². The summed E-state index contributed by atoms with van der Waals surface area (Å²) >= 11 is 0. The Hall–Kier alpha value is -2.08. The van der Waals surface area contributed by atoms with E-state index in [-0.39, 0.29) is 23.4 Å². The number of anilines is 2. The number of benzene rings is 1. The molecular weight excluding hydrogens is 236 g/mol. The number of carbonyl (C=O) groups excluding carboxylic acids is 1. The first-order valence-corrected chi connectivity index (χ1v) is 5.68. The molecule has 2 atom stereocenters. The standard InChI is InChI=1S/C12H12N2O4/c15-11-7-4-18-5-9(7)13-8-3-1-2-6(12(16)17)10(8)14-11/h1-3,7,9,13H,4-5H2,(H,14,15)(H,16,17). The number of carboxylic acids is 1. The van der Waals surface area contributed by atoms with E-state index in [4.69, 9.17) is 9.84 Å². The molecule has 0 radical (unpaired) electrons. The van der Waals surface area contributed by atoms with Crippen molar-refractivity contribution in [3.8, 4) is 0 Å². The van der Waals surface area contributed by atoms with Gasteiger partial charge in [0.15, 0.2) is 0 Å². The van der Waals surface area contributed by atoms with Gasteiger partial charge in [0, 0.05) is 0 Å². The van der Waals surface area contributed by atoms with Gasteiger partial charge in [0.25, 0.3) is 0 Å². The molecular formula is C12H12N2O4. The number of fused-ring (bicyclic) bond motifs is 2. The number of nitrogens with one attached hydrogen (secondary N) is 2. The van der Waals surface area contributed by atoms with Crippen molar-refractivity contribution in [2.75, 3.05) is 23.8 Å². The average molecular weight is 248 g/mol. The van der Waals surface area contributed by atoms with Crippen LogP contribution in [0.5, 0.6) is 0 Å². The van der Waals surface area contributed by atoms with E-state index in [1.54, 1.807) is 12.1 Å². The number of rotatable bonds is 1. The van der Waals surface area contributed by atoms with Crippen LogP contribution in [0.2, 0.25) is 0 Å². The van der Waals surface area contributed by atoms with Crippen molar-refractivity contribution >= 4 is 23.3 Å². The van der Waals surface area contributed by atoms with Crippen molar-refractivity contribution in [1.82, 2.24) is 0 Å². The second-order valence-corrected chi connectivity index (χ2v) is 4.42. The molecule has 0 bridgehead atoms. The van der Waals surface area contributed by atoms with Gasteiger partial charge in [-0.15, -0.1) is 0 Å². The average Bonchev–Trinajstić information content (AvgIpc) is 2.74. The van der Waals surface area contributed by atoms with Crippen molar-refractivity contribution in [1.29, 1.82) is 0 Å². The van der Waals surface area contributed by atoms with Crippen LogP contribution in [0.25, 0.3) is 0 Å². The van der Waals surface area contributed by atoms with Crippen LogP contribution >= 0.6 is 0 Å². The molecule has 1 amide bonds. The summed E-state index contributed by atoms with van der Waals surface area (Å²) in [7, 11) is 0. The SMILES string of the molecule is O=C(O)c1cccc2c1NC(=O)C1COCC1N2. The Kier molecular flexibility index (Phi) is 2.45. The molecule has 0 aliphatic carbocycles. The minimum absolute atomic E-state index is 0.0919. The predicted molar refractivity (Wildman–Crippen MR) is 63.8 cm³/mol. The molecule has 0 spiro atoms. The minimum atomic E-state index is -1.06. The third kappa shape index (κ3) is 1.62. The minimum Gasteiger partial charge on any atom is -0.478 e. The summed E-state index contributed by atoms with van der Waals surface area (Å²) in [4.78, 5) is 23.1. The van der Waals surface area contributed by atoms with E-state index >= 15 is 0 Å². The summed E-state index contributed by atoms with van der Waals surface area (Å²) in [5.41, 5.74) is 1.06. The Bertz CT molecular complexity index is 529. The van der Waals surface area contributed by atoms with Gasteiger partial charge in [-0.25, -0.2) is 4.79 Å². The highest BCUT2D eigenvalue weighted by atomic mass is 16.5. The molecule has 1 fully saturated rings. The van der Waals surface area contributed by atoms with Crippen LogP contribution in [0.15, 0.2) is 18.2 Å². The quantitative estimate of drug-likeness (QED) is 0.683. The fourth-order valence-corrected chi connectivity index (χ4v) is 2.36. The van der Waals surface area contributed by atoms with E-state index in [9.17, 15) is 9.59 Å². The molecule has 1 saturated heterocycles. The Labute approximate surface area is 103 Å². The van der Waals surface area contributed by atoms with Crippen molar-refractivity contribution in [3.63, 3.8) is 0 Å². The predicted octanol–water partition coefficient (Wildman–Crippen LogP) is 0.764. The molecule has 2 aliphatic rings. The maximum atomic E-state index is 12.0. The lowest BCUT2D eigenvalue weighted by Gasteiger charge is -2.14. The number of amides is 1. The summed E-state index contributed by atoms with van der Waals surface area (Å²) in [6.07, 6.45) is 0. The molecule has 0 aromatic heterocycles. The maximum absolute atomic E-state index is 12.0. The molecule has 6 heteroatoms. The Morgan fingerprint density at radius 3 is 3.00 bits per heavy atom. The first-order chi connectivity index (χ1) is 8.66. The van der Waals surface area contributed by atoms with Crippen molar-refractivity contribution < 1.29 is 19.4 Å². The maximum Gasteiger partial charge on any atom is 0.337 e. The molecule has 18 heavy (non-hydrogen) atoms. The van der Waals surface area contributed by atoms with E-state index < -0.39 is 5.97 Å². The second-order valence-electron chi connectivity index (χ2n) is 4.42. The van der Waals surface area contributed by atoms with E-state index in [2.05, 4.69) is 10.6 Å². The molecule has 0 saturated carbocycles. The van der Waals surface area contributed by atoms with Crippen molar-refractivity contribution in [3.05, 3.63) is 23.8 Å². The number of carboxylic acid groups (broad SMARTS) is 1. The highest BCUT2D eigenvalue weighted by Gasteiger charge is 2.37. The zero-order valence-corrected chi connectivity index (χ0v) is 9.47. The number of hydrogen-bond acceptors (Lipinski definition) is 4. The van der Waals surface area contributed by atoms with Crippen LogP contribution in [-0.4, -0.2) is 36.2 Å². The second kappa shape index (κ2) is 3.99. The molecule has 3 rings (SSSR count). The zero-order chi connectivity index (χ0) is 12.7. The van der Waals surface area contributed by atoms with E-state index in [1.807, 2.05) is 0 Å². The lowest BCUT2D eigenvalue weighted by molar-refractivity contribution is -0.119. The first kappa shape index (κ1) is 11.0. The van der Waals surface area contributed by atoms with Crippen molar-refractivity contribution in [2.24, 2.45) is 5.92 Å². The van der Waals surface area contributed by atoms with Crippen LogP contribution in [0, 0.1) is 5.92 Å². The third-order valence-corrected chi connectivity index (χ3v) is 3.30. The van der Waals surface area contributed by atoms with Gasteiger partial charge in [-0.1, -0.05) is 6.07 Å². The van der Waals surface area contributed by atoms with Gasteiger partial charge in [-0.05, 0) is 12.1 Å². The van der Waals surface area contributed by atoms with Gasteiger partial charge < -0.3 is 20.5 Å². The van der Waals surface area contributed by atoms with Crippen LogP contribution in [-0.2, 0) is 9.53 Å².